The summed E-state index contributed by atoms with van der Waals surface area (Å²) in [6.07, 6.45) is 0. The van der Waals surface area contributed by atoms with E-state index in [2.05, 4.69) is 14.7 Å². The normalized spacial score (nSPS) is 10.4. The van der Waals surface area contributed by atoms with E-state index >= 15 is 0 Å². The summed E-state index contributed by atoms with van der Waals surface area (Å²) >= 11 is 0. The van der Waals surface area contributed by atoms with Gasteiger partial charge in [0, 0.05) is 11.6 Å². The van der Waals surface area contributed by atoms with Crippen molar-refractivity contribution in [2.45, 2.75) is 13.5 Å². The average Bonchev–Trinajstić information content (AvgIpc) is 3.01. The second-order valence-electron chi connectivity index (χ2n) is 5.03. The van der Waals surface area contributed by atoms with Gasteiger partial charge in [-0.15, -0.1) is 0 Å². The van der Waals surface area contributed by atoms with Crippen molar-refractivity contribution in [2.75, 3.05) is 7.11 Å². The topological polar surface area (TPSA) is 74.5 Å². The molecule has 6 heteroatoms. The van der Waals surface area contributed by atoms with Gasteiger partial charge in [0.2, 0.25) is 11.8 Å². The first kappa shape index (κ1) is 15.7. The van der Waals surface area contributed by atoms with Crippen molar-refractivity contribution in [1.82, 2.24) is 9.97 Å². The van der Waals surface area contributed by atoms with E-state index in [0.717, 1.165) is 5.56 Å². The monoisotopic (exact) mass is 324 g/mol. The highest BCUT2D eigenvalue weighted by Crippen LogP contribution is 2.22. The maximum Gasteiger partial charge on any atom is 0.356 e. The number of carbonyl (C=O) groups excluding carboxylic acids is 1. The third-order valence-electron chi connectivity index (χ3n) is 3.39. The van der Waals surface area contributed by atoms with Crippen LogP contribution in [-0.2, 0) is 11.3 Å². The van der Waals surface area contributed by atoms with Crippen LogP contribution in [0.3, 0.4) is 0 Å². The number of oxazole rings is 1. The summed E-state index contributed by atoms with van der Waals surface area (Å²) in [6.45, 7) is 2.02. The highest BCUT2D eigenvalue weighted by Gasteiger charge is 2.13. The minimum absolute atomic E-state index is 0.192. The van der Waals surface area contributed by atoms with Crippen LogP contribution in [0, 0.1) is 6.92 Å². The Balaban J connectivity index is 1.74. The van der Waals surface area contributed by atoms with Crippen molar-refractivity contribution in [2.24, 2.45) is 0 Å². The minimum atomic E-state index is -0.510. The zero-order chi connectivity index (χ0) is 16.9. The number of methoxy groups -OCH3 is 1. The van der Waals surface area contributed by atoms with Gasteiger partial charge in [-0.2, -0.15) is 0 Å². The SMILES string of the molecule is COC(=O)c1cccc(OCc2nc(-c3ccccc3)oc2C)n1. The number of pyridine rings is 1. The Kier molecular flexibility index (Phi) is 4.56. The van der Waals surface area contributed by atoms with Gasteiger partial charge in [0.15, 0.2) is 5.69 Å². The first-order chi connectivity index (χ1) is 11.7. The lowest BCUT2D eigenvalue weighted by Crippen LogP contribution is -2.06. The Labute approximate surface area is 139 Å². The average molecular weight is 324 g/mol. The predicted octanol–water partition coefficient (Wildman–Crippen LogP) is 3.41. The Hall–Kier alpha value is -3.15. The van der Waals surface area contributed by atoms with Crippen molar-refractivity contribution < 1.29 is 18.7 Å². The molecule has 0 amide bonds. The van der Waals surface area contributed by atoms with Gasteiger partial charge in [-0.05, 0) is 25.1 Å². The molecule has 0 fully saturated rings. The molecule has 2 aromatic heterocycles. The summed E-state index contributed by atoms with van der Waals surface area (Å²) in [5.74, 6) is 1.03. The molecule has 0 atom stereocenters. The number of nitrogens with zero attached hydrogens (tertiary/aromatic N) is 2. The standard InChI is InChI=1S/C18H16N2O4/c1-12-15(20-17(24-12)13-7-4-3-5-8-13)11-23-16-10-6-9-14(19-16)18(21)22-2/h3-10H,11H2,1-2H3. The number of hydrogen-bond donors (Lipinski definition) is 0. The molecule has 0 aliphatic heterocycles. The molecule has 0 bridgehead atoms. The number of carbonyl (C=O) groups is 1. The molecule has 0 N–H and O–H groups in total. The van der Waals surface area contributed by atoms with Crippen LogP contribution < -0.4 is 4.74 Å². The minimum Gasteiger partial charge on any atom is -0.471 e. The second kappa shape index (κ2) is 6.95. The first-order valence-corrected chi connectivity index (χ1v) is 7.37. The lowest BCUT2D eigenvalue weighted by molar-refractivity contribution is 0.0592. The third kappa shape index (κ3) is 3.43. The Bertz CT molecular complexity index is 843. The molecule has 0 spiro atoms. The van der Waals surface area contributed by atoms with Crippen LogP contribution in [0.5, 0.6) is 5.88 Å². The number of aromatic nitrogens is 2. The summed E-state index contributed by atoms with van der Waals surface area (Å²) in [5, 5.41) is 0. The van der Waals surface area contributed by atoms with Gasteiger partial charge in [0.05, 0.1) is 7.11 Å². The summed E-state index contributed by atoms with van der Waals surface area (Å²) in [4.78, 5) is 20.0. The van der Waals surface area contributed by atoms with E-state index in [-0.39, 0.29) is 12.3 Å². The van der Waals surface area contributed by atoms with Crippen LogP contribution in [0.2, 0.25) is 0 Å². The fourth-order valence-electron chi connectivity index (χ4n) is 2.12. The maximum atomic E-state index is 11.5. The number of esters is 1. The van der Waals surface area contributed by atoms with E-state index in [9.17, 15) is 4.79 Å². The number of ether oxygens (including phenoxy) is 2. The molecule has 3 aromatic rings. The van der Waals surface area contributed by atoms with Gasteiger partial charge in [-0.3, -0.25) is 0 Å². The van der Waals surface area contributed by atoms with E-state index in [1.54, 1.807) is 18.2 Å². The molecule has 122 valence electrons. The molecule has 24 heavy (non-hydrogen) atoms. The number of aryl methyl sites for hydroxylation is 1. The van der Waals surface area contributed by atoms with Crippen molar-refractivity contribution in [3.8, 4) is 17.3 Å². The Morgan fingerprint density at radius 3 is 2.62 bits per heavy atom. The van der Waals surface area contributed by atoms with E-state index < -0.39 is 5.97 Å². The second-order valence-corrected chi connectivity index (χ2v) is 5.03. The Morgan fingerprint density at radius 2 is 1.88 bits per heavy atom. The van der Waals surface area contributed by atoms with Gasteiger partial charge in [0.25, 0.3) is 0 Å². The van der Waals surface area contributed by atoms with Crippen molar-refractivity contribution >= 4 is 5.97 Å². The molecule has 0 unspecified atom stereocenters. The van der Waals surface area contributed by atoms with Crippen LogP contribution in [0.15, 0.2) is 52.9 Å². The highest BCUT2D eigenvalue weighted by molar-refractivity contribution is 5.87. The van der Waals surface area contributed by atoms with Gasteiger partial charge in [-0.1, -0.05) is 24.3 Å². The number of rotatable bonds is 5. The molecule has 0 radical (unpaired) electrons. The van der Waals surface area contributed by atoms with E-state index in [4.69, 9.17) is 9.15 Å². The van der Waals surface area contributed by atoms with Gasteiger partial charge in [0.1, 0.15) is 18.1 Å². The lowest BCUT2D eigenvalue weighted by Gasteiger charge is -2.05. The van der Waals surface area contributed by atoms with Crippen LogP contribution in [-0.4, -0.2) is 23.0 Å². The predicted molar refractivity (Wildman–Crippen MR) is 86.6 cm³/mol. The molecular weight excluding hydrogens is 308 g/mol. The smallest absolute Gasteiger partial charge is 0.356 e. The summed E-state index contributed by atoms with van der Waals surface area (Å²) in [5.41, 5.74) is 1.77. The first-order valence-electron chi connectivity index (χ1n) is 7.37. The van der Waals surface area contributed by atoms with Gasteiger partial charge in [-0.25, -0.2) is 14.8 Å². The maximum absolute atomic E-state index is 11.5. The summed E-state index contributed by atoms with van der Waals surface area (Å²) < 4.78 is 15.9. The van der Waals surface area contributed by atoms with Gasteiger partial charge < -0.3 is 13.9 Å². The summed E-state index contributed by atoms with van der Waals surface area (Å²) in [7, 11) is 1.31. The molecule has 1 aromatic carbocycles. The molecule has 2 heterocycles. The third-order valence-corrected chi connectivity index (χ3v) is 3.39. The fraction of sp³-hybridized carbons (Fsp3) is 0.167. The highest BCUT2D eigenvalue weighted by atomic mass is 16.5. The number of benzene rings is 1. The zero-order valence-electron chi connectivity index (χ0n) is 13.4. The fourth-order valence-corrected chi connectivity index (χ4v) is 2.12. The molecular formula is C18H16N2O4. The van der Waals surface area contributed by atoms with E-state index in [1.807, 2.05) is 37.3 Å². The van der Waals surface area contributed by atoms with E-state index in [1.165, 1.54) is 7.11 Å². The van der Waals surface area contributed by atoms with Crippen molar-refractivity contribution in [3.63, 3.8) is 0 Å². The van der Waals surface area contributed by atoms with Crippen LogP contribution in [0.1, 0.15) is 21.9 Å². The Morgan fingerprint density at radius 1 is 1.08 bits per heavy atom. The largest absolute Gasteiger partial charge is 0.471 e. The van der Waals surface area contributed by atoms with Crippen molar-refractivity contribution in [1.29, 1.82) is 0 Å². The molecule has 0 aliphatic carbocycles. The molecule has 0 aliphatic rings. The summed E-state index contributed by atoms with van der Waals surface area (Å²) in [6, 6.07) is 14.5. The van der Waals surface area contributed by atoms with Crippen LogP contribution in [0.25, 0.3) is 11.5 Å². The molecule has 0 saturated heterocycles. The lowest BCUT2D eigenvalue weighted by atomic mass is 10.2. The molecule has 6 nitrogen and oxygen atoms in total. The molecule has 3 rings (SSSR count). The molecule has 0 saturated carbocycles. The van der Waals surface area contributed by atoms with Crippen LogP contribution in [0.4, 0.5) is 0 Å². The van der Waals surface area contributed by atoms with E-state index in [0.29, 0.717) is 23.2 Å². The number of hydrogen-bond acceptors (Lipinski definition) is 6. The zero-order valence-corrected chi connectivity index (χ0v) is 13.4. The van der Waals surface area contributed by atoms with Gasteiger partial charge >= 0.3 is 5.97 Å². The van der Waals surface area contributed by atoms with Crippen molar-refractivity contribution in [3.05, 3.63) is 65.7 Å². The quantitative estimate of drug-likeness (QED) is 0.670. The van der Waals surface area contributed by atoms with Crippen LogP contribution >= 0.6 is 0 Å².